The van der Waals surface area contributed by atoms with E-state index in [2.05, 4.69) is 31.4 Å². The molecule has 176 valence electrons. The molecule has 5 aromatic rings. The summed E-state index contributed by atoms with van der Waals surface area (Å²) in [6.45, 7) is 4.97. The Morgan fingerprint density at radius 3 is 2.66 bits per heavy atom. The fourth-order valence-corrected chi connectivity index (χ4v) is 4.07. The van der Waals surface area contributed by atoms with E-state index < -0.39 is 0 Å². The molecule has 1 amide bonds. The van der Waals surface area contributed by atoms with E-state index in [9.17, 15) is 4.79 Å². The van der Waals surface area contributed by atoms with Gasteiger partial charge in [0.25, 0.3) is 5.91 Å². The SMILES string of the molecule is CCn1cc(-c2cc(C(=O)Nc3cnn(COc4ccc(Br)cc4)c3)c3ccccc3n2)c(C)n1. The molecule has 0 fully saturated rings. The van der Waals surface area contributed by atoms with Gasteiger partial charge in [-0.2, -0.15) is 10.2 Å². The van der Waals surface area contributed by atoms with Crippen LogP contribution in [0.1, 0.15) is 23.0 Å². The number of aromatic nitrogens is 5. The molecule has 0 radical (unpaired) electrons. The first-order chi connectivity index (χ1) is 17.0. The summed E-state index contributed by atoms with van der Waals surface area (Å²) >= 11 is 3.41. The second-order valence-electron chi connectivity index (χ2n) is 8.01. The largest absolute Gasteiger partial charge is 0.471 e. The van der Waals surface area contributed by atoms with Crippen molar-refractivity contribution in [3.8, 4) is 17.0 Å². The van der Waals surface area contributed by atoms with Crippen LogP contribution in [0.25, 0.3) is 22.2 Å². The number of hydrogen-bond donors (Lipinski definition) is 1. The van der Waals surface area contributed by atoms with Crippen molar-refractivity contribution in [1.82, 2.24) is 24.5 Å². The van der Waals surface area contributed by atoms with Crippen LogP contribution < -0.4 is 10.1 Å². The lowest BCUT2D eigenvalue weighted by Gasteiger charge is -2.09. The van der Waals surface area contributed by atoms with E-state index in [1.54, 1.807) is 17.1 Å². The summed E-state index contributed by atoms with van der Waals surface area (Å²) in [5.41, 5.74) is 4.35. The van der Waals surface area contributed by atoms with Gasteiger partial charge in [0.2, 0.25) is 0 Å². The number of carbonyl (C=O) groups is 1. The van der Waals surface area contributed by atoms with Crippen LogP contribution in [0.4, 0.5) is 5.69 Å². The monoisotopic (exact) mass is 530 g/mol. The Labute approximate surface area is 210 Å². The lowest BCUT2D eigenvalue weighted by Crippen LogP contribution is -2.13. The zero-order valence-corrected chi connectivity index (χ0v) is 20.9. The minimum atomic E-state index is -0.237. The van der Waals surface area contributed by atoms with Gasteiger partial charge in [-0.25, -0.2) is 9.67 Å². The molecular weight excluding hydrogens is 508 g/mol. The number of nitrogens with one attached hydrogen (secondary N) is 1. The number of fused-ring (bicyclic) bond motifs is 1. The van der Waals surface area contributed by atoms with E-state index >= 15 is 0 Å². The van der Waals surface area contributed by atoms with Crippen molar-refractivity contribution in [2.45, 2.75) is 27.1 Å². The van der Waals surface area contributed by atoms with E-state index in [-0.39, 0.29) is 12.6 Å². The quantitative estimate of drug-likeness (QED) is 0.292. The van der Waals surface area contributed by atoms with Crippen LogP contribution in [0.3, 0.4) is 0 Å². The average molecular weight is 531 g/mol. The fourth-order valence-electron chi connectivity index (χ4n) is 3.80. The van der Waals surface area contributed by atoms with Crippen LogP contribution in [0.15, 0.2) is 77.7 Å². The van der Waals surface area contributed by atoms with Crippen molar-refractivity contribution in [3.63, 3.8) is 0 Å². The highest BCUT2D eigenvalue weighted by Crippen LogP contribution is 2.27. The zero-order chi connectivity index (χ0) is 24.4. The highest BCUT2D eigenvalue weighted by molar-refractivity contribution is 9.10. The van der Waals surface area contributed by atoms with Gasteiger partial charge in [0.1, 0.15) is 5.75 Å². The first-order valence-corrected chi connectivity index (χ1v) is 12.0. The molecule has 0 aliphatic rings. The third kappa shape index (κ3) is 4.95. The van der Waals surface area contributed by atoms with Crippen LogP contribution in [0.2, 0.25) is 0 Å². The standard InChI is InChI=1S/C26H23BrN6O2/c1-3-32-15-23(17(2)31-32)25-12-22(21-6-4-5-7-24(21)30-25)26(34)29-19-13-28-33(14-19)16-35-20-10-8-18(27)9-11-20/h4-15H,3,16H2,1-2H3,(H,29,34). The highest BCUT2D eigenvalue weighted by atomic mass is 79.9. The number of hydrogen-bond acceptors (Lipinski definition) is 5. The van der Waals surface area contributed by atoms with Crippen LogP contribution in [0, 0.1) is 6.92 Å². The lowest BCUT2D eigenvalue weighted by atomic mass is 10.0. The topological polar surface area (TPSA) is 86.9 Å². The maximum absolute atomic E-state index is 13.3. The van der Waals surface area contributed by atoms with E-state index in [1.807, 2.05) is 79.3 Å². The predicted molar refractivity (Wildman–Crippen MR) is 138 cm³/mol. The van der Waals surface area contributed by atoms with Gasteiger partial charge >= 0.3 is 0 Å². The van der Waals surface area contributed by atoms with Crippen molar-refractivity contribution in [2.75, 3.05) is 5.32 Å². The molecule has 3 aromatic heterocycles. The smallest absolute Gasteiger partial charge is 0.256 e. The van der Waals surface area contributed by atoms with Crippen LogP contribution >= 0.6 is 15.9 Å². The van der Waals surface area contributed by atoms with Gasteiger partial charge < -0.3 is 10.1 Å². The fraction of sp³-hybridized carbons (Fsp3) is 0.154. The maximum Gasteiger partial charge on any atom is 0.256 e. The summed E-state index contributed by atoms with van der Waals surface area (Å²) in [7, 11) is 0. The number of ether oxygens (including phenoxy) is 1. The Morgan fingerprint density at radius 2 is 1.89 bits per heavy atom. The molecule has 0 spiro atoms. The molecule has 0 saturated carbocycles. The van der Waals surface area contributed by atoms with Crippen LogP contribution in [-0.2, 0) is 13.3 Å². The number of benzene rings is 2. The van der Waals surface area contributed by atoms with Crippen molar-refractivity contribution in [1.29, 1.82) is 0 Å². The molecular formula is C26H23BrN6O2. The van der Waals surface area contributed by atoms with Crippen molar-refractivity contribution in [2.24, 2.45) is 0 Å². The number of amides is 1. The van der Waals surface area contributed by atoms with Gasteiger partial charge in [-0.1, -0.05) is 34.1 Å². The van der Waals surface area contributed by atoms with Crippen LogP contribution in [-0.4, -0.2) is 30.5 Å². The van der Waals surface area contributed by atoms with Gasteiger partial charge in [0, 0.05) is 28.2 Å². The highest BCUT2D eigenvalue weighted by Gasteiger charge is 2.17. The van der Waals surface area contributed by atoms with E-state index in [0.29, 0.717) is 16.9 Å². The molecule has 8 nitrogen and oxygen atoms in total. The third-order valence-electron chi connectivity index (χ3n) is 5.58. The van der Waals surface area contributed by atoms with Gasteiger partial charge in [-0.3, -0.25) is 9.48 Å². The number of pyridine rings is 1. The summed E-state index contributed by atoms with van der Waals surface area (Å²) in [4.78, 5) is 18.1. The molecule has 0 aliphatic heterocycles. The molecule has 9 heteroatoms. The first-order valence-electron chi connectivity index (χ1n) is 11.2. The van der Waals surface area contributed by atoms with Gasteiger partial charge in [0.15, 0.2) is 6.73 Å². The summed E-state index contributed by atoms with van der Waals surface area (Å²) in [6, 6.07) is 17.0. The maximum atomic E-state index is 13.3. The predicted octanol–water partition coefficient (Wildman–Crippen LogP) is 5.67. The minimum Gasteiger partial charge on any atom is -0.471 e. The van der Waals surface area contributed by atoms with Gasteiger partial charge in [-0.05, 0) is 50.2 Å². The Balaban J connectivity index is 1.39. The van der Waals surface area contributed by atoms with Crippen molar-refractivity contribution < 1.29 is 9.53 Å². The molecule has 0 atom stereocenters. The number of para-hydroxylation sites is 1. The minimum absolute atomic E-state index is 0.223. The summed E-state index contributed by atoms with van der Waals surface area (Å²) < 4.78 is 10.2. The number of anilines is 1. The summed E-state index contributed by atoms with van der Waals surface area (Å²) in [6.07, 6.45) is 5.29. The van der Waals surface area contributed by atoms with E-state index in [0.717, 1.165) is 38.9 Å². The molecule has 0 bridgehead atoms. The summed E-state index contributed by atoms with van der Waals surface area (Å²) in [5.74, 6) is 0.491. The van der Waals surface area contributed by atoms with Gasteiger partial charge in [-0.15, -0.1) is 0 Å². The number of nitrogens with zero attached hydrogens (tertiary/aromatic N) is 5. The first kappa shape index (κ1) is 22.8. The number of halogens is 1. The molecule has 0 aliphatic carbocycles. The molecule has 5 rings (SSSR count). The molecule has 1 N–H and O–H groups in total. The molecule has 3 heterocycles. The normalized spacial score (nSPS) is 11.1. The molecule has 0 saturated heterocycles. The van der Waals surface area contributed by atoms with E-state index in [1.165, 1.54) is 0 Å². The van der Waals surface area contributed by atoms with E-state index in [4.69, 9.17) is 9.72 Å². The van der Waals surface area contributed by atoms with Crippen molar-refractivity contribution >= 4 is 38.4 Å². The molecule has 0 unspecified atom stereocenters. The summed E-state index contributed by atoms with van der Waals surface area (Å²) in [5, 5.41) is 12.5. The zero-order valence-electron chi connectivity index (χ0n) is 19.3. The molecule has 35 heavy (non-hydrogen) atoms. The van der Waals surface area contributed by atoms with Crippen molar-refractivity contribution in [3.05, 3.63) is 88.9 Å². The number of carbonyl (C=O) groups excluding carboxylic acids is 1. The second kappa shape index (κ2) is 9.71. The Kier molecular flexibility index (Phi) is 6.33. The van der Waals surface area contributed by atoms with Gasteiger partial charge in [0.05, 0.1) is 40.5 Å². The van der Waals surface area contributed by atoms with Crippen LogP contribution in [0.5, 0.6) is 5.75 Å². The average Bonchev–Trinajstić information content (AvgIpc) is 3.48. The Bertz CT molecular complexity index is 1510. The Morgan fingerprint density at radius 1 is 1.09 bits per heavy atom. The molecule has 2 aromatic carbocycles. The lowest BCUT2D eigenvalue weighted by molar-refractivity contribution is 0.102. The number of rotatable bonds is 7. The second-order valence-corrected chi connectivity index (χ2v) is 8.92. The Hall–Kier alpha value is -3.98. The number of aryl methyl sites for hydroxylation is 2. The third-order valence-corrected chi connectivity index (χ3v) is 6.10.